The SMILES string of the molecule is COC(=O)[C@@]1(NC(=O)[C@H](CC(=O)OC(C)(C)C)NC(=O)OCc2ccccc2)CCCC[C@H]1c1ccccc1. The third kappa shape index (κ3) is 8.30. The molecule has 9 nitrogen and oxygen atoms in total. The first kappa shape index (κ1) is 29.7. The molecule has 0 spiro atoms. The summed E-state index contributed by atoms with van der Waals surface area (Å²) in [4.78, 5) is 52.4. The number of ether oxygens (including phenoxy) is 3. The van der Waals surface area contributed by atoms with Crippen LogP contribution in [0.5, 0.6) is 0 Å². The van der Waals surface area contributed by atoms with Gasteiger partial charge in [-0.25, -0.2) is 9.59 Å². The van der Waals surface area contributed by atoms with Crippen molar-refractivity contribution in [2.45, 2.75) is 82.6 Å². The first-order valence-corrected chi connectivity index (χ1v) is 13.2. The molecule has 9 heteroatoms. The molecule has 39 heavy (non-hydrogen) atoms. The number of alkyl carbamates (subject to hydrolysis) is 1. The smallest absolute Gasteiger partial charge is 0.408 e. The van der Waals surface area contributed by atoms with Crippen LogP contribution in [0.25, 0.3) is 0 Å². The lowest BCUT2D eigenvalue weighted by atomic mass is 9.69. The van der Waals surface area contributed by atoms with E-state index >= 15 is 0 Å². The molecule has 0 radical (unpaired) electrons. The number of methoxy groups -OCH3 is 1. The van der Waals surface area contributed by atoms with Crippen molar-refractivity contribution >= 4 is 23.9 Å². The maximum atomic E-state index is 13.7. The highest BCUT2D eigenvalue weighted by Crippen LogP contribution is 2.42. The van der Waals surface area contributed by atoms with Gasteiger partial charge in [0.05, 0.1) is 13.5 Å². The lowest BCUT2D eigenvalue weighted by molar-refractivity contribution is -0.157. The van der Waals surface area contributed by atoms with Gasteiger partial charge in [-0.05, 0) is 44.7 Å². The largest absolute Gasteiger partial charge is 0.467 e. The lowest BCUT2D eigenvalue weighted by Gasteiger charge is -2.43. The van der Waals surface area contributed by atoms with E-state index in [-0.39, 0.29) is 12.5 Å². The fourth-order valence-corrected chi connectivity index (χ4v) is 4.91. The zero-order valence-electron chi connectivity index (χ0n) is 23.0. The highest BCUT2D eigenvalue weighted by molar-refractivity contribution is 5.94. The van der Waals surface area contributed by atoms with Crippen LogP contribution < -0.4 is 10.6 Å². The Morgan fingerprint density at radius 3 is 2.23 bits per heavy atom. The minimum absolute atomic E-state index is 0.0182. The van der Waals surface area contributed by atoms with Crippen LogP contribution in [0, 0.1) is 0 Å². The minimum atomic E-state index is -1.37. The fraction of sp³-hybridized carbons (Fsp3) is 0.467. The number of amides is 2. The Kier molecular flexibility index (Phi) is 10.1. The van der Waals surface area contributed by atoms with Gasteiger partial charge in [-0.1, -0.05) is 73.5 Å². The summed E-state index contributed by atoms with van der Waals surface area (Å²) >= 11 is 0. The second-order valence-electron chi connectivity index (χ2n) is 10.7. The molecule has 1 fully saturated rings. The predicted octanol–water partition coefficient (Wildman–Crippen LogP) is 4.40. The van der Waals surface area contributed by atoms with Crippen LogP contribution in [0.15, 0.2) is 60.7 Å². The van der Waals surface area contributed by atoms with Gasteiger partial charge in [0, 0.05) is 5.92 Å². The summed E-state index contributed by atoms with van der Waals surface area (Å²) in [7, 11) is 1.28. The number of hydrogen-bond acceptors (Lipinski definition) is 7. The van der Waals surface area contributed by atoms with Gasteiger partial charge in [-0.3, -0.25) is 9.59 Å². The van der Waals surface area contributed by atoms with Crippen molar-refractivity contribution in [1.29, 1.82) is 0 Å². The van der Waals surface area contributed by atoms with Gasteiger partial charge < -0.3 is 24.8 Å². The molecule has 2 amide bonds. The van der Waals surface area contributed by atoms with Crippen molar-refractivity contribution in [2.75, 3.05) is 7.11 Å². The van der Waals surface area contributed by atoms with Gasteiger partial charge in [0.15, 0.2) is 0 Å². The Hall–Kier alpha value is -3.88. The van der Waals surface area contributed by atoms with E-state index in [1.807, 2.05) is 48.5 Å². The highest BCUT2D eigenvalue weighted by Gasteiger charge is 2.50. The maximum absolute atomic E-state index is 13.7. The molecule has 1 aliphatic rings. The van der Waals surface area contributed by atoms with E-state index in [2.05, 4.69) is 10.6 Å². The second kappa shape index (κ2) is 13.3. The first-order valence-electron chi connectivity index (χ1n) is 13.2. The van der Waals surface area contributed by atoms with Crippen LogP contribution in [-0.2, 0) is 35.2 Å². The molecule has 0 aliphatic heterocycles. The number of rotatable bonds is 9. The molecule has 0 aromatic heterocycles. The quantitative estimate of drug-likeness (QED) is 0.359. The summed E-state index contributed by atoms with van der Waals surface area (Å²) in [5.41, 5.74) is -0.506. The number of benzene rings is 2. The monoisotopic (exact) mass is 538 g/mol. The normalized spacial score (nSPS) is 19.7. The summed E-state index contributed by atoms with van der Waals surface area (Å²) in [6, 6.07) is 17.2. The third-order valence-electron chi connectivity index (χ3n) is 6.62. The van der Waals surface area contributed by atoms with Gasteiger partial charge >= 0.3 is 18.0 Å². The van der Waals surface area contributed by atoms with E-state index in [4.69, 9.17) is 14.2 Å². The standard InChI is InChI=1S/C30H38N2O7/c1-29(2,3)39-25(33)19-24(31-28(36)38-20-21-13-7-5-8-14-21)26(34)32-30(27(35)37-4)18-12-11-17-23(30)22-15-9-6-10-16-22/h5-10,13-16,23-24H,11-12,17-20H2,1-4H3,(H,31,36)(H,32,34)/t23-,24-,30+/m0/s1. The molecule has 2 aromatic carbocycles. The Labute approximate surface area is 229 Å². The van der Waals surface area contributed by atoms with E-state index in [1.54, 1.807) is 32.9 Å². The molecular formula is C30H38N2O7. The molecule has 2 N–H and O–H groups in total. The van der Waals surface area contributed by atoms with Crippen LogP contribution in [0.4, 0.5) is 4.79 Å². The Morgan fingerprint density at radius 2 is 1.62 bits per heavy atom. The Balaban J connectivity index is 1.85. The predicted molar refractivity (Wildman–Crippen MR) is 145 cm³/mol. The van der Waals surface area contributed by atoms with Gasteiger partial charge in [0.1, 0.15) is 23.8 Å². The van der Waals surface area contributed by atoms with Gasteiger partial charge in [-0.15, -0.1) is 0 Å². The first-order chi connectivity index (χ1) is 18.5. The molecule has 1 aliphatic carbocycles. The van der Waals surface area contributed by atoms with Crippen molar-refractivity contribution in [3.05, 3.63) is 71.8 Å². The van der Waals surface area contributed by atoms with E-state index in [0.29, 0.717) is 19.3 Å². The number of carbonyl (C=O) groups excluding carboxylic acids is 4. The van der Waals surface area contributed by atoms with Gasteiger partial charge in [-0.2, -0.15) is 0 Å². The summed E-state index contributed by atoms with van der Waals surface area (Å²) in [6.45, 7) is 5.11. The third-order valence-corrected chi connectivity index (χ3v) is 6.62. The van der Waals surface area contributed by atoms with Gasteiger partial charge in [0.2, 0.25) is 5.91 Å². The van der Waals surface area contributed by atoms with Crippen molar-refractivity contribution in [3.8, 4) is 0 Å². The molecule has 3 atom stereocenters. The van der Waals surface area contributed by atoms with E-state index in [0.717, 1.165) is 17.5 Å². The summed E-state index contributed by atoms with van der Waals surface area (Å²) in [6.07, 6.45) is 1.25. The van der Waals surface area contributed by atoms with E-state index in [1.165, 1.54) is 7.11 Å². The number of carbonyl (C=O) groups is 4. The van der Waals surface area contributed by atoms with Crippen LogP contribution in [-0.4, -0.2) is 48.2 Å². The molecule has 0 bridgehead atoms. The van der Waals surface area contributed by atoms with Crippen molar-refractivity contribution in [1.82, 2.24) is 10.6 Å². The second-order valence-corrected chi connectivity index (χ2v) is 10.7. The molecule has 1 saturated carbocycles. The minimum Gasteiger partial charge on any atom is -0.467 e. The lowest BCUT2D eigenvalue weighted by Crippen LogP contribution is -2.63. The molecule has 0 heterocycles. The van der Waals surface area contributed by atoms with E-state index in [9.17, 15) is 19.2 Å². The van der Waals surface area contributed by atoms with Crippen LogP contribution in [0.3, 0.4) is 0 Å². The average molecular weight is 539 g/mol. The van der Waals surface area contributed by atoms with E-state index < -0.39 is 47.5 Å². The van der Waals surface area contributed by atoms with Crippen LogP contribution in [0.2, 0.25) is 0 Å². The summed E-state index contributed by atoms with van der Waals surface area (Å²) in [5, 5.41) is 5.38. The topological polar surface area (TPSA) is 120 Å². The van der Waals surface area contributed by atoms with Crippen molar-refractivity contribution in [3.63, 3.8) is 0 Å². The van der Waals surface area contributed by atoms with Crippen molar-refractivity contribution < 1.29 is 33.4 Å². The van der Waals surface area contributed by atoms with Crippen LogP contribution in [0.1, 0.15) is 69.9 Å². The Bertz CT molecular complexity index is 1130. The Morgan fingerprint density at radius 1 is 0.974 bits per heavy atom. The number of nitrogens with one attached hydrogen (secondary N) is 2. The zero-order chi connectivity index (χ0) is 28.5. The number of esters is 2. The molecular weight excluding hydrogens is 500 g/mol. The highest BCUT2D eigenvalue weighted by atomic mass is 16.6. The zero-order valence-corrected chi connectivity index (χ0v) is 23.0. The molecule has 210 valence electrons. The maximum Gasteiger partial charge on any atom is 0.408 e. The summed E-state index contributed by atoms with van der Waals surface area (Å²) < 4.78 is 15.9. The summed E-state index contributed by atoms with van der Waals surface area (Å²) in [5.74, 6) is -2.31. The molecule has 3 rings (SSSR count). The molecule has 0 saturated heterocycles. The average Bonchev–Trinajstić information content (AvgIpc) is 2.91. The van der Waals surface area contributed by atoms with Gasteiger partial charge in [0.25, 0.3) is 0 Å². The molecule has 0 unspecified atom stereocenters. The number of hydrogen-bond donors (Lipinski definition) is 2. The molecule has 2 aromatic rings. The fourth-order valence-electron chi connectivity index (χ4n) is 4.91. The van der Waals surface area contributed by atoms with Crippen molar-refractivity contribution in [2.24, 2.45) is 0 Å². The van der Waals surface area contributed by atoms with Crippen LogP contribution >= 0.6 is 0 Å².